The lowest BCUT2D eigenvalue weighted by Gasteiger charge is -2.14. The Balaban J connectivity index is 2.04. The van der Waals surface area contributed by atoms with Gasteiger partial charge in [0.05, 0.1) is 0 Å². The SMILES string of the molecule is CCn1ncnc1CC(CCl)Cc1cccc(C)c1. The molecule has 3 nitrogen and oxygen atoms in total. The Bertz CT molecular complexity index is 522. The van der Waals surface area contributed by atoms with Crippen LogP contribution in [-0.4, -0.2) is 20.6 Å². The zero-order chi connectivity index (χ0) is 13.7. The molecule has 1 unspecified atom stereocenters. The van der Waals surface area contributed by atoms with Gasteiger partial charge in [-0.3, -0.25) is 4.68 Å². The molecular weight excluding hydrogens is 258 g/mol. The number of halogens is 1. The van der Waals surface area contributed by atoms with E-state index in [1.807, 2.05) is 4.68 Å². The van der Waals surface area contributed by atoms with Crippen LogP contribution in [0.2, 0.25) is 0 Å². The summed E-state index contributed by atoms with van der Waals surface area (Å²) in [6.07, 6.45) is 3.49. The molecule has 0 spiro atoms. The fourth-order valence-corrected chi connectivity index (χ4v) is 2.54. The Hall–Kier alpha value is -1.35. The number of benzene rings is 1. The molecule has 0 amide bonds. The van der Waals surface area contributed by atoms with Gasteiger partial charge < -0.3 is 0 Å². The van der Waals surface area contributed by atoms with Crippen LogP contribution in [0.4, 0.5) is 0 Å². The van der Waals surface area contributed by atoms with Crippen LogP contribution in [-0.2, 0) is 19.4 Å². The van der Waals surface area contributed by atoms with Crippen molar-refractivity contribution in [3.8, 4) is 0 Å². The van der Waals surface area contributed by atoms with Gasteiger partial charge in [-0.2, -0.15) is 5.10 Å². The van der Waals surface area contributed by atoms with Gasteiger partial charge >= 0.3 is 0 Å². The number of alkyl halides is 1. The second-order valence-corrected chi connectivity index (χ2v) is 5.22. The molecule has 1 aromatic carbocycles. The maximum absolute atomic E-state index is 6.11. The van der Waals surface area contributed by atoms with Crippen LogP contribution in [0.3, 0.4) is 0 Å². The highest BCUT2D eigenvalue weighted by atomic mass is 35.5. The van der Waals surface area contributed by atoms with Gasteiger partial charge in [-0.1, -0.05) is 29.8 Å². The van der Waals surface area contributed by atoms with Crippen molar-refractivity contribution >= 4 is 11.6 Å². The summed E-state index contributed by atoms with van der Waals surface area (Å²) in [6.45, 7) is 5.05. The van der Waals surface area contributed by atoms with Crippen molar-refractivity contribution in [2.24, 2.45) is 5.92 Å². The maximum atomic E-state index is 6.11. The average Bonchev–Trinajstić information content (AvgIpc) is 2.85. The summed E-state index contributed by atoms with van der Waals surface area (Å²) < 4.78 is 1.94. The molecule has 1 heterocycles. The van der Waals surface area contributed by atoms with E-state index in [0.29, 0.717) is 11.8 Å². The lowest BCUT2D eigenvalue weighted by atomic mass is 9.96. The molecule has 1 atom stereocenters. The Morgan fingerprint density at radius 3 is 2.84 bits per heavy atom. The number of hydrogen-bond donors (Lipinski definition) is 0. The lowest BCUT2D eigenvalue weighted by molar-refractivity contribution is 0.523. The number of aryl methyl sites for hydroxylation is 2. The smallest absolute Gasteiger partial charge is 0.138 e. The molecule has 1 aromatic heterocycles. The average molecular weight is 278 g/mol. The van der Waals surface area contributed by atoms with Crippen molar-refractivity contribution in [3.63, 3.8) is 0 Å². The van der Waals surface area contributed by atoms with Gasteiger partial charge in [0.2, 0.25) is 0 Å². The summed E-state index contributed by atoms with van der Waals surface area (Å²) in [5.41, 5.74) is 2.63. The molecule has 0 bridgehead atoms. The van der Waals surface area contributed by atoms with Crippen LogP contribution in [0.25, 0.3) is 0 Å². The Morgan fingerprint density at radius 1 is 1.32 bits per heavy atom. The van der Waals surface area contributed by atoms with Crippen molar-refractivity contribution in [1.29, 1.82) is 0 Å². The van der Waals surface area contributed by atoms with E-state index < -0.39 is 0 Å². The quantitative estimate of drug-likeness (QED) is 0.759. The first-order valence-corrected chi connectivity index (χ1v) is 7.24. The van der Waals surface area contributed by atoms with Crippen molar-refractivity contribution in [1.82, 2.24) is 14.8 Å². The predicted octanol–water partition coefficient (Wildman–Crippen LogP) is 3.25. The van der Waals surface area contributed by atoms with Gasteiger partial charge in [0.25, 0.3) is 0 Å². The number of nitrogens with zero attached hydrogens (tertiary/aromatic N) is 3. The third-order valence-electron chi connectivity index (χ3n) is 3.29. The Morgan fingerprint density at radius 2 is 2.16 bits per heavy atom. The van der Waals surface area contributed by atoms with E-state index in [9.17, 15) is 0 Å². The highest BCUT2D eigenvalue weighted by Gasteiger charge is 2.13. The molecule has 0 fully saturated rings. The zero-order valence-electron chi connectivity index (χ0n) is 11.5. The topological polar surface area (TPSA) is 30.7 Å². The first-order valence-electron chi connectivity index (χ1n) is 6.71. The second kappa shape index (κ2) is 6.71. The van der Waals surface area contributed by atoms with Gasteiger partial charge in [0.15, 0.2) is 0 Å². The van der Waals surface area contributed by atoms with Gasteiger partial charge in [-0.15, -0.1) is 11.6 Å². The Labute approximate surface area is 119 Å². The number of hydrogen-bond acceptors (Lipinski definition) is 2. The molecular formula is C15H20ClN3. The summed E-state index contributed by atoms with van der Waals surface area (Å²) in [4.78, 5) is 4.33. The summed E-state index contributed by atoms with van der Waals surface area (Å²) in [5.74, 6) is 2.07. The zero-order valence-corrected chi connectivity index (χ0v) is 12.3. The highest BCUT2D eigenvalue weighted by molar-refractivity contribution is 6.18. The van der Waals surface area contributed by atoms with E-state index >= 15 is 0 Å². The summed E-state index contributed by atoms with van der Waals surface area (Å²) >= 11 is 6.11. The number of rotatable bonds is 6. The molecule has 0 aliphatic heterocycles. The van der Waals surface area contributed by atoms with Crippen LogP contribution in [0.15, 0.2) is 30.6 Å². The van der Waals surface area contributed by atoms with E-state index in [1.165, 1.54) is 11.1 Å². The standard InChI is InChI=1S/C15H20ClN3/c1-3-19-15(17-11-18-19)9-14(10-16)8-13-6-4-5-12(2)7-13/h4-7,11,14H,3,8-10H2,1-2H3. The minimum absolute atomic E-state index is 0.401. The van der Waals surface area contributed by atoms with E-state index in [0.717, 1.165) is 25.2 Å². The normalized spacial score (nSPS) is 12.6. The molecule has 0 aliphatic carbocycles. The molecule has 0 saturated heterocycles. The van der Waals surface area contributed by atoms with Crippen molar-refractivity contribution < 1.29 is 0 Å². The van der Waals surface area contributed by atoms with Crippen molar-refractivity contribution in [2.75, 3.05) is 5.88 Å². The summed E-state index contributed by atoms with van der Waals surface area (Å²) in [7, 11) is 0. The van der Waals surface area contributed by atoms with Gasteiger partial charge in [-0.25, -0.2) is 4.98 Å². The molecule has 0 saturated carbocycles. The fourth-order valence-electron chi connectivity index (χ4n) is 2.32. The monoisotopic (exact) mass is 277 g/mol. The van der Waals surface area contributed by atoms with Crippen LogP contribution in [0.1, 0.15) is 23.9 Å². The first kappa shape index (κ1) is 14.1. The van der Waals surface area contributed by atoms with Crippen LogP contribution < -0.4 is 0 Å². The lowest BCUT2D eigenvalue weighted by Crippen LogP contribution is -2.14. The van der Waals surface area contributed by atoms with Crippen LogP contribution in [0, 0.1) is 12.8 Å². The largest absolute Gasteiger partial charge is 0.250 e. The summed E-state index contributed by atoms with van der Waals surface area (Å²) in [6, 6.07) is 8.61. The molecule has 0 radical (unpaired) electrons. The number of aromatic nitrogens is 3. The Kier molecular flexibility index (Phi) is 4.97. The third kappa shape index (κ3) is 3.80. The van der Waals surface area contributed by atoms with Crippen LogP contribution >= 0.6 is 11.6 Å². The fraction of sp³-hybridized carbons (Fsp3) is 0.467. The van der Waals surface area contributed by atoms with E-state index in [-0.39, 0.29) is 0 Å². The van der Waals surface area contributed by atoms with E-state index in [4.69, 9.17) is 11.6 Å². The van der Waals surface area contributed by atoms with Gasteiger partial charge in [-0.05, 0) is 31.7 Å². The molecule has 0 N–H and O–H groups in total. The minimum Gasteiger partial charge on any atom is -0.250 e. The van der Waals surface area contributed by atoms with Crippen LogP contribution in [0.5, 0.6) is 0 Å². The van der Waals surface area contributed by atoms with Gasteiger partial charge in [0.1, 0.15) is 12.2 Å². The highest BCUT2D eigenvalue weighted by Crippen LogP contribution is 2.16. The van der Waals surface area contributed by atoms with Gasteiger partial charge in [0, 0.05) is 18.8 Å². The minimum atomic E-state index is 0.401. The maximum Gasteiger partial charge on any atom is 0.138 e. The molecule has 2 aromatic rings. The second-order valence-electron chi connectivity index (χ2n) is 4.91. The first-order chi connectivity index (χ1) is 9.22. The van der Waals surface area contributed by atoms with E-state index in [2.05, 4.69) is 48.2 Å². The summed E-state index contributed by atoms with van der Waals surface area (Å²) in [5, 5.41) is 4.21. The third-order valence-corrected chi connectivity index (χ3v) is 3.73. The molecule has 19 heavy (non-hydrogen) atoms. The van der Waals surface area contributed by atoms with E-state index in [1.54, 1.807) is 6.33 Å². The molecule has 0 aliphatic rings. The molecule has 2 rings (SSSR count). The molecule has 102 valence electrons. The predicted molar refractivity (Wildman–Crippen MR) is 78.5 cm³/mol. The van der Waals surface area contributed by atoms with Crippen molar-refractivity contribution in [3.05, 3.63) is 47.5 Å². The van der Waals surface area contributed by atoms with Crippen molar-refractivity contribution in [2.45, 2.75) is 33.2 Å². The molecule has 4 heteroatoms.